The van der Waals surface area contributed by atoms with Gasteiger partial charge in [-0.25, -0.2) is 0 Å². The molecule has 1 aromatic heterocycles. The molecular weight excluding hydrogens is 683 g/mol. The van der Waals surface area contributed by atoms with Crippen molar-refractivity contribution >= 4 is 74.6 Å². The smallest absolute Gasteiger partial charge is 0.0998 e. The van der Waals surface area contributed by atoms with Gasteiger partial charge in [0.1, 0.15) is 0 Å². The molecule has 1 nitrogen and oxygen atoms in total. The molecule has 0 radical (unpaired) electrons. The van der Waals surface area contributed by atoms with Crippen molar-refractivity contribution in [3.63, 3.8) is 0 Å². The Morgan fingerprint density at radius 3 is 1.35 bits per heavy atom. The lowest BCUT2D eigenvalue weighted by Gasteiger charge is -2.19. The summed E-state index contributed by atoms with van der Waals surface area (Å²) in [5, 5.41) is 22.4. The molecule has 0 fully saturated rings. The molecule has 0 N–H and O–H groups in total. The van der Waals surface area contributed by atoms with E-state index in [1.165, 1.54) is 85.9 Å². The standard InChI is InChI=1S/C53H31NS/c54-32-35-17-4-5-18-36(35)51-41-23-10-12-25-43(41)52(44-26-13-11-24-42(44)51)45-27-14-28-48-53(45)46-31-34(29-30-47(46)55-48)50-39-21-8-6-19-37(39)49(33-15-2-1-3-16-33)38-20-7-9-22-40(38)50/h1-31H. The van der Waals surface area contributed by atoms with Crippen LogP contribution in [0.2, 0.25) is 0 Å². The van der Waals surface area contributed by atoms with Gasteiger partial charge < -0.3 is 0 Å². The summed E-state index contributed by atoms with van der Waals surface area (Å²) in [5.41, 5.74) is 10.2. The van der Waals surface area contributed by atoms with Crippen LogP contribution in [0.3, 0.4) is 0 Å². The molecular formula is C53H31NS. The van der Waals surface area contributed by atoms with Crippen molar-refractivity contribution in [3.8, 4) is 50.6 Å². The summed E-state index contributed by atoms with van der Waals surface area (Å²) >= 11 is 1.86. The highest BCUT2D eigenvalue weighted by atomic mass is 32.1. The molecule has 0 atom stereocenters. The largest absolute Gasteiger partial charge is 0.192 e. The van der Waals surface area contributed by atoms with E-state index in [9.17, 15) is 5.26 Å². The lowest BCUT2D eigenvalue weighted by atomic mass is 9.83. The molecule has 0 aliphatic heterocycles. The summed E-state index contributed by atoms with van der Waals surface area (Å²) in [7, 11) is 0. The maximum absolute atomic E-state index is 10.2. The fourth-order valence-electron chi connectivity index (χ4n) is 9.05. The Bertz CT molecular complexity index is 3270. The number of thiophene rings is 1. The zero-order valence-electron chi connectivity index (χ0n) is 29.8. The first-order chi connectivity index (χ1) is 27.3. The van der Waals surface area contributed by atoms with Gasteiger partial charge in [0.25, 0.3) is 0 Å². The molecule has 1 heterocycles. The molecule has 254 valence electrons. The summed E-state index contributed by atoms with van der Waals surface area (Å²) in [5.74, 6) is 0. The highest BCUT2D eigenvalue weighted by Gasteiger charge is 2.22. The zero-order valence-corrected chi connectivity index (χ0v) is 30.6. The minimum atomic E-state index is 0.681. The van der Waals surface area contributed by atoms with Crippen LogP contribution >= 0.6 is 11.3 Å². The molecule has 0 aliphatic carbocycles. The molecule has 10 aromatic carbocycles. The third kappa shape index (κ3) is 4.77. The first kappa shape index (κ1) is 31.5. The quantitative estimate of drug-likeness (QED) is 0.167. The number of benzene rings is 10. The van der Waals surface area contributed by atoms with E-state index in [4.69, 9.17) is 0 Å². The molecule has 0 bridgehead atoms. The second-order valence-corrected chi connectivity index (χ2v) is 15.3. The summed E-state index contributed by atoms with van der Waals surface area (Å²) in [6.45, 7) is 0. The van der Waals surface area contributed by atoms with Gasteiger partial charge in [0, 0.05) is 25.7 Å². The molecule has 0 amide bonds. The molecule has 0 saturated carbocycles. The van der Waals surface area contributed by atoms with Gasteiger partial charge in [-0.3, -0.25) is 0 Å². The van der Waals surface area contributed by atoms with Gasteiger partial charge >= 0.3 is 0 Å². The minimum Gasteiger partial charge on any atom is -0.192 e. The van der Waals surface area contributed by atoms with Crippen molar-refractivity contribution in [3.05, 3.63) is 194 Å². The van der Waals surface area contributed by atoms with Crippen molar-refractivity contribution in [2.45, 2.75) is 0 Å². The van der Waals surface area contributed by atoms with Gasteiger partial charge in [0.2, 0.25) is 0 Å². The molecule has 11 rings (SSSR count). The van der Waals surface area contributed by atoms with Crippen LogP contribution in [-0.4, -0.2) is 0 Å². The Morgan fingerprint density at radius 1 is 0.327 bits per heavy atom. The Hall–Kier alpha value is -7.05. The van der Waals surface area contributed by atoms with Gasteiger partial charge in [-0.2, -0.15) is 5.26 Å². The second kappa shape index (κ2) is 12.5. The molecule has 11 aromatic rings. The number of nitrogens with zero attached hydrogens (tertiary/aromatic N) is 1. The SMILES string of the molecule is N#Cc1ccccc1-c1c2ccccc2c(-c2cccc3sc4ccc(-c5c6ccccc6c(-c6ccccc6)c6ccccc56)cc4c23)c2ccccc12. The monoisotopic (exact) mass is 713 g/mol. The maximum Gasteiger partial charge on any atom is 0.0998 e. The van der Waals surface area contributed by atoms with Gasteiger partial charge in [-0.15, -0.1) is 11.3 Å². The van der Waals surface area contributed by atoms with Crippen LogP contribution in [0.15, 0.2) is 188 Å². The van der Waals surface area contributed by atoms with E-state index in [-0.39, 0.29) is 0 Å². The van der Waals surface area contributed by atoms with E-state index in [0.717, 1.165) is 21.9 Å². The van der Waals surface area contributed by atoms with Crippen LogP contribution in [0, 0.1) is 11.3 Å². The van der Waals surface area contributed by atoms with Crippen LogP contribution in [0.1, 0.15) is 5.56 Å². The van der Waals surface area contributed by atoms with Crippen molar-refractivity contribution < 1.29 is 0 Å². The molecule has 0 saturated heterocycles. The van der Waals surface area contributed by atoms with E-state index in [0.29, 0.717) is 5.56 Å². The van der Waals surface area contributed by atoms with Crippen LogP contribution in [0.4, 0.5) is 0 Å². The number of nitriles is 1. The minimum absolute atomic E-state index is 0.681. The van der Waals surface area contributed by atoms with Gasteiger partial charge in [-0.1, -0.05) is 164 Å². The Kier molecular flexibility index (Phi) is 7.17. The average molecular weight is 714 g/mol. The molecule has 0 aliphatic rings. The Labute approximate surface area is 322 Å². The summed E-state index contributed by atoms with van der Waals surface area (Å²) in [4.78, 5) is 0. The van der Waals surface area contributed by atoms with Gasteiger partial charge in [0.05, 0.1) is 11.6 Å². The van der Waals surface area contributed by atoms with Crippen LogP contribution < -0.4 is 0 Å². The third-order valence-corrected chi connectivity index (χ3v) is 12.4. The Morgan fingerprint density at radius 2 is 0.782 bits per heavy atom. The molecule has 2 heteroatoms. The number of rotatable bonds is 4. The summed E-state index contributed by atoms with van der Waals surface area (Å²) < 4.78 is 2.54. The van der Waals surface area contributed by atoms with E-state index in [1.54, 1.807) is 0 Å². The third-order valence-electron chi connectivity index (χ3n) is 11.3. The topological polar surface area (TPSA) is 23.8 Å². The highest BCUT2D eigenvalue weighted by molar-refractivity contribution is 7.26. The van der Waals surface area contributed by atoms with Crippen molar-refractivity contribution in [2.24, 2.45) is 0 Å². The van der Waals surface area contributed by atoms with Gasteiger partial charge in [0.15, 0.2) is 0 Å². The molecule has 0 unspecified atom stereocenters. The second-order valence-electron chi connectivity index (χ2n) is 14.2. The maximum atomic E-state index is 10.2. The van der Waals surface area contributed by atoms with Crippen LogP contribution in [0.5, 0.6) is 0 Å². The fourth-order valence-corrected chi connectivity index (χ4v) is 10.2. The highest BCUT2D eigenvalue weighted by Crippen LogP contribution is 2.50. The summed E-state index contributed by atoms with van der Waals surface area (Å²) in [6, 6.07) is 70.3. The number of hydrogen-bond acceptors (Lipinski definition) is 2. The predicted octanol–water partition coefficient (Wildman–Crippen LogP) is 15.2. The molecule has 0 spiro atoms. The van der Waals surface area contributed by atoms with E-state index in [2.05, 4.69) is 176 Å². The van der Waals surface area contributed by atoms with E-state index < -0.39 is 0 Å². The van der Waals surface area contributed by atoms with Crippen molar-refractivity contribution in [1.29, 1.82) is 5.26 Å². The number of fused-ring (bicyclic) bond motifs is 7. The van der Waals surface area contributed by atoms with E-state index >= 15 is 0 Å². The number of hydrogen-bond donors (Lipinski definition) is 0. The first-order valence-electron chi connectivity index (χ1n) is 18.7. The lowest BCUT2D eigenvalue weighted by Crippen LogP contribution is -1.93. The van der Waals surface area contributed by atoms with Crippen molar-refractivity contribution in [2.75, 3.05) is 0 Å². The van der Waals surface area contributed by atoms with Crippen LogP contribution in [0.25, 0.3) is 108 Å². The van der Waals surface area contributed by atoms with E-state index in [1.807, 2.05) is 29.5 Å². The first-order valence-corrected chi connectivity index (χ1v) is 19.5. The normalized spacial score (nSPS) is 11.6. The van der Waals surface area contributed by atoms with Gasteiger partial charge in [-0.05, 0) is 106 Å². The zero-order chi connectivity index (χ0) is 36.5. The Balaban J connectivity index is 1.23. The van der Waals surface area contributed by atoms with Crippen molar-refractivity contribution in [1.82, 2.24) is 0 Å². The molecule has 55 heavy (non-hydrogen) atoms. The fraction of sp³-hybridized carbons (Fsp3) is 0. The van der Waals surface area contributed by atoms with Crippen LogP contribution in [-0.2, 0) is 0 Å². The lowest BCUT2D eigenvalue weighted by molar-refractivity contribution is 1.48. The predicted molar refractivity (Wildman–Crippen MR) is 236 cm³/mol. The average Bonchev–Trinajstić information content (AvgIpc) is 3.63. The summed E-state index contributed by atoms with van der Waals surface area (Å²) in [6.07, 6.45) is 0.